The van der Waals surface area contributed by atoms with Gasteiger partial charge in [-0.2, -0.15) is 0 Å². The minimum absolute atomic E-state index is 0.411. The van der Waals surface area contributed by atoms with Crippen molar-refractivity contribution < 1.29 is 19.1 Å². The average molecular weight is 343 g/mol. The van der Waals surface area contributed by atoms with Gasteiger partial charge in [-0.1, -0.05) is 11.2 Å². The summed E-state index contributed by atoms with van der Waals surface area (Å²) in [5, 5.41) is 4.40. The summed E-state index contributed by atoms with van der Waals surface area (Å²) in [7, 11) is 2.90. The van der Waals surface area contributed by atoms with E-state index in [4.69, 9.17) is 14.3 Å². The van der Waals surface area contributed by atoms with Crippen LogP contribution in [0.5, 0.6) is 0 Å². The number of oxime groups is 1. The topological polar surface area (TPSA) is 57.1 Å². The lowest BCUT2D eigenvalue weighted by molar-refractivity contribution is -0.133. The molecule has 0 heterocycles. The number of carbonyl (C=O) groups excluding carboxylic acids is 1. The lowest BCUT2D eigenvalue weighted by Crippen LogP contribution is -2.15. The minimum atomic E-state index is -0.413. The summed E-state index contributed by atoms with van der Waals surface area (Å²) in [4.78, 5) is 17.7. The van der Waals surface area contributed by atoms with Crippen LogP contribution < -0.4 is 0 Å². The van der Waals surface area contributed by atoms with Gasteiger partial charge >= 0.3 is 5.97 Å². The van der Waals surface area contributed by atoms with Crippen LogP contribution in [0.15, 0.2) is 23.6 Å². The van der Waals surface area contributed by atoms with Gasteiger partial charge in [0.25, 0.3) is 0 Å². The maximum Gasteiger partial charge on any atom is 0.341 e. The second kappa shape index (κ2) is 7.72. The number of hydrogen-bond acceptors (Lipinski definition) is 5. The summed E-state index contributed by atoms with van der Waals surface area (Å²) in [6.07, 6.45) is 6.89. The standard InChI is InChI=1S/C20H25NO4/c1-13-9-15-5-4-6-19(21-25-11-14-7-8-14)17(15)10-16(13)18(12-23-2)20(22)24-3/h9-10,12,14H,4-8,11H2,1-3H3/b18-12+,21-19+. The van der Waals surface area contributed by atoms with Crippen LogP contribution in [0.1, 0.15) is 47.9 Å². The molecule has 1 fully saturated rings. The zero-order valence-electron chi connectivity index (χ0n) is 15.1. The molecule has 0 spiro atoms. The van der Waals surface area contributed by atoms with Crippen molar-refractivity contribution in [2.75, 3.05) is 20.8 Å². The van der Waals surface area contributed by atoms with Gasteiger partial charge < -0.3 is 14.3 Å². The van der Waals surface area contributed by atoms with Crippen LogP contribution >= 0.6 is 0 Å². The Balaban J connectivity index is 1.95. The number of fused-ring (bicyclic) bond motifs is 1. The Morgan fingerprint density at radius 2 is 2.08 bits per heavy atom. The van der Waals surface area contributed by atoms with E-state index in [9.17, 15) is 4.79 Å². The fourth-order valence-electron chi connectivity index (χ4n) is 3.16. The molecule has 0 N–H and O–H groups in total. The lowest BCUT2D eigenvalue weighted by Gasteiger charge is -2.20. The molecule has 5 nitrogen and oxygen atoms in total. The molecule has 25 heavy (non-hydrogen) atoms. The summed E-state index contributed by atoms with van der Waals surface area (Å²) in [5.74, 6) is 0.265. The summed E-state index contributed by atoms with van der Waals surface area (Å²) >= 11 is 0. The Labute approximate surface area is 148 Å². The highest BCUT2D eigenvalue weighted by atomic mass is 16.6. The van der Waals surface area contributed by atoms with Crippen LogP contribution in [-0.2, 0) is 25.5 Å². The van der Waals surface area contributed by atoms with E-state index in [0.29, 0.717) is 18.1 Å². The highest BCUT2D eigenvalue weighted by molar-refractivity contribution is 6.17. The first kappa shape index (κ1) is 17.5. The Hall–Kier alpha value is -2.30. The number of ether oxygens (including phenoxy) is 2. The molecule has 1 saturated carbocycles. The third-order valence-corrected chi connectivity index (χ3v) is 4.73. The molecule has 2 aliphatic carbocycles. The number of carbonyl (C=O) groups is 1. The normalized spacial score (nSPS) is 18.7. The first-order valence-corrected chi connectivity index (χ1v) is 8.78. The molecule has 3 rings (SSSR count). The molecule has 0 amide bonds. The van der Waals surface area contributed by atoms with Gasteiger partial charge in [0.05, 0.1) is 26.2 Å². The van der Waals surface area contributed by atoms with Crippen molar-refractivity contribution in [1.82, 2.24) is 0 Å². The minimum Gasteiger partial charge on any atom is -0.503 e. The molecule has 0 aromatic heterocycles. The first-order valence-electron chi connectivity index (χ1n) is 8.78. The Bertz CT molecular complexity index is 717. The number of rotatable bonds is 6. The van der Waals surface area contributed by atoms with Crippen molar-refractivity contribution in [1.29, 1.82) is 0 Å². The quantitative estimate of drug-likeness (QED) is 0.343. The van der Waals surface area contributed by atoms with Crippen LogP contribution in [0.4, 0.5) is 0 Å². The first-order chi connectivity index (χ1) is 12.1. The number of benzene rings is 1. The van der Waals surface area contributed by atoms with Gasteiger partial charge in [-0.3, -0.25) is 0 Å². The van der Waals surface area contributed by atoms with Gasteiger partial charge in [0.15, 0.2) is 0 Å². The second-order valence-corrected chi connectivity index (χ2v) is 6.71. The molecule has 5 heteroatoms. The summed E-state index contributed by atoms with van der Waals surface area (Å²) in [5.41, 5.74) is 5.52. The van der Waals surface area contributed by atoms with E-state index in [1.165, 1.54) is 38.9 Å². The zero-order valence-corrected chi connectivity index (χ0v) is 15.1. The van der Waals surface area contributed by atoms with Crippen LogP contribution in [-0.4, -0.2) is 32.5 Å². The molecule has 0 bridgehead atoms. The highest BCUT2D eigenvalue weighted by Gasteiger charge is 2.24. The maximum atomic E-state index is 12.1. The van der Waals surface area contributed by atoms with E-state index >= 15 is 0 Å². The van der Waals surface area contributed by atoms with E-state index in [2.05, 4.69) is 11.2 Å². The number of nitrogens with zero attached hydrogens (tertiary/aromatic N) is 1. The molecule has 0 unspecified atom stereocenters. The monoisotopic (exact) mass is 343 g/mol. The summed E-state index contributed by atoms with van der Waals surface area (Å²) < 4.78 is 9.99. The van der Waals surface area contributed by atoms with Gasteiger partial charge in [0.2, 0.25) is 0 Å². The predicted octanol–water partition coefficient (Wildman–Crippen LogP) is 3.62. The molecule has 0 radical (unpaired) electrons. The Morgan fingerprint density at radius 1 is 1.28 bits per heavy atom. The van der Waals surface area contributed by atoms with Crippen molar-refractivity contribution in [2.45, 2.75) is 39.0 Å². The second-order valence-electron chi connectivity index (χ2n) is 6.71. The molecule has 1 aromatic carbocycles. The third-order valence-electron chi connectivity index (χ3n) is 4.73. The van der Waals surface area contributed by atoms with E-state index in [-0.39, 0.29) is 0 Å². The van der Waals surface area contributed by atoms with Gasteiger partial charge in [-0.15, -0.1) is 0 Å². The van der Waals surface area contributed by atoms with Crippen LogP contribution in [0.3, 0.4) is 0 Å². The lowest BCUT2D eigenvalue weighted by atomic mass is 9.85. The molecule has 2 aliphatic rings. The fourth-order valence-corrected chi connectivity index (χ4v) is 3.16. The van der Waals surface area contributed by atoms with Crippen LogP contribution in [0, 0.1) is 12.8 Å². The van der Waals surface area contributed by atoms with Crippen molar-refractivity contribution >= 4 is 17.3 Å². The van der Waals surface area contributed by atoms with E-state index in [1.54, 1.807) is 0 Å². The van der Waals surface area contributed by atoms with Crippen molar-refractivity contribution in [3.63, 3.8) is 0 Å². The summed E-state index contributed by atoms with van der Waals surface area (Å²) in [6, 6.07) is 4.15. The molecule has 0 atom stereocenters. The van der Waals surface area contributed by atoms with Crippen molar-refractivity contribution in [3.8, 4) is 0 Å². The van der Waals surface area contributed by atoms with Crippen molar-refractivity contribution in [2.24, 2.45) is 11.1 Å². The van der Waals surface area contributed by atoms with Gasteiger partial charge in [0.1, 0.15) is 12.2 Å². The molecule has 134 valence electrons. The Morgan fingerprint density at radius 3 is 2.76 bits per heavy atom. The predicted molar refractivity (Wildman–Crippen MR) is 96.3 cm³/mol. The molecule has 0 saturated heterocycles. The molecular weight excluding hydrogens is 318 g/mol. The number of methoxy groups -OCH3 is 2. The van der Waals surface area contributed by atoms with E-state index in [1.807, 2.05) is 13.0 Å². The van der Waals surface area contributed by atoms with Crippen molar-refractivity contribution in [3.05, 3.63) is 40.6 Å². The Kier molecular flexibility index (Phi) is 5.41. The van der Waals surface area contributed by atoms with E-state index < -0.39 is 5.97 Å². The zero-order chi connectivity index (χ0) is 17.8. The number of hydrogen-bond donors (Lipinski definition) is 0. The average Bonchev–Trinajstić information content (AvgIpc) is 3.43. The maximum absolute atomic E-state index is 12.1. The highest BCUT2D eigenvalue weighted by Crippen LogP contribution is 2.31. The largest absolute Gasteiger partial charge is 0.503 e. The SMILES string of the molecule is CO/C=C(/C(=O)OC)c1cc2c(cc1C)CCC/C2=N\OCC1CC1. The number of esters is 1. The molecule has 1 aromatic rings. The van der Waals surface area contributed by atoms with Crippen LogP contribution in [0.2, 0.25) is 0 Å². The van der Waals surface area contributed by atoms with Gasteiger partial charge in [-0.25, -0.2) is 4.79 Å². The fraction of sp³-hybridized carbons (Fsp3) is 0.500. The third kappa shape index (κ3) is 4.03. The smallest absolute Gasteiger partial charge is 0.341 e. The van der Waals surface area contributed by atoms with E-state index in [0.717, 1.165) is 41.7 Å². The van der Waals surface area contributed by atoms with Gasteiger partial charge in [0, 0.05) is 5.56 Å². The van der Waals surface area contributed by atoms with Crippen LogP contribution in [0.25, 0.3) is 5.57 Å². The molecular formula is C20H25NO4. The molecule has 0 aliphatic heterocycles. The summed E-state index contributed by atoms with van der Waals surface area (Å²) in [6.45, 7) is 2.70. The van der Waals surface area contributed by atoms with Gasteiger partial charge in [-0.05, 0) is 67.7 Å². The number of aryl methyl sites for hydroxylation is 2.